The minimum Gasteiger partial charge on any atom is -0.352 e. The highest BCUT2D eigenvalue weighted by molar-refractivity contribution is 7.18. The van der Waals surface area contributed by atoms with Crippen LogP contribution in [0, 0.1) is 13.8 Å². The number of rotatable bonds is 8. The lowest BCUT2D eigenvalue weighted by Crippen LogP contribution is -2.27. The van der Waals surface area contributed by atoms with Gasteiger partial charge in [0.05, 0.1) is 23.0 Å². The number of aromatic nitrogens is 2. The van der Waals surface area contributed by atoms with Gasteiger partial charge in [0, 0.05) is 24.4 Å². The van der Waals surface area contributed by atoms with E-state index in [2.05, 4.69) is 15.6 Å². The van der Waals surface area contributed by atoms with Crippen molar-refractivity contribution in [2.24, 2.45) is 0 Å². The number of benzene rings is 2. The summed E-state index contributed by atoms with van der Waals surface area (Å²) in [5.74, 6) is -0.532. The smallest absolute Gasteiger partial charge is 0.262 e. The lowest BCUT2D eigenvalue weighted by molar-refractivity contribution is -0.116. The summed E-state index contributed by atoms with van der Waals surface area (Å²) in [6.45, 7) is 4.57. The molecule has 2 aromatic carbocycles. The zero-order chi connectivity index (χ0) is 24.1. The third kappa shape index (κ3) is 5.23. The molecule has 2 aromatic heterocycles. The number of para-hydroxylation sites is 1. The highest BCUT2D eigenvalue weighted by Gasteiger charge is 2.15. The van der Waals surface area contributed by atoms with E-state index in [1.54, 1.807) is 24.3 Å². The van der Waals surface area contributed by atoms with E-state index in [0.29, 0.717) is 28.0 Å². The van der Waals surface area contributed by atoms with Crippen molar-refractivity contribution in [1.82, 2.24) is 14.9 Å². The number of aryl methyl sites for hydroxylation is 3. The van der Waals surface area contributed by atoms with E-state index < -0.39 is 0 Å². The van der Waals surface area contributed by atoms with Crippen LogP contribution in [-0.4, -0.2) is 27.9 Å². The maximum Gasteiger partial charge on any atom is 0.262 e. The molecule has 0 aliphatic rings. The molecule has 0 fully saturated rings. The van der Waals surface area contributed by atoms with Gasteiger partial charge in [-0.1, -0.05) is 42.5 Å². The molecule has 7 nitrogen and oxygen atoms in total. The van der Waals surface area contributed by atoms with Crippen LogP contribution in [0.25, 0.3) is 10.2 Å². The number of amides is 2. The van der Waals surface area contributed by atoms with Gasteiger partial charge < -0.3 is 10.6 Å². The van der Waals surface area contributed by atoms with Gasteiger partial charge in [-0.15, -0.1) is 11.3 Å². The predicted molar refractivity (Wildman–Crippen MR) is 136 cm³/mol. The van der Waals surface area contributed by atoms with E-state index in [4.69, 9.17) is 0 Å². The molecular weight excluding hydrogens is 448 g/mol. The quantitative estimate of drug-likeness (QED) is 0.403. The Morgan fingerprint density at radius 3 is 2.56 bits per heavy atom. The lowest BCUT2D eigenvalue weighted by atomic mass is 10.1. The summed E-state index contributed by atoms with van der Waals surface area (Å²) in [6.07, 6.45) is 2.29. The average Bonchev–Trinajstić information content (AvgIpc) is 3.13. The lowest BCUT2D eigenvalue weighted by Gasteiger charge is -2.12. The molecule has 0 aliphatic carbocycles. The first-order valence-electron chi connectivity index (χ1n) is 11.1. The third-order valence-electron chi connectivity index (χ3n) is 5.72. The number of anilines is 1. The molecular formula is C26H26N4O3S. The normalized spacial score (nSPS) is 10.9. The van der Waals surface area contributed by atoms with E-state index in [1.165, 1.54) is 22.2 Å². The minimum atomic E-state index is -0.283. The summed E-state index contributed by atoms with van der Waals surface area (Å²) in [4.78, 5) is 44.3. The van der Waals surface area contributed by atoms with Crippen molar-refractivity contribution in [2.75, 3.05) is 11.9 Å². The third-order valence-corrected chi connectivity index (χ3v) is 6.84. The van der Waals surface area contributed by atoms with Crippen molar-refractivity contribution in [3.63, 3.8) is 0 Å². The van der Waals surface area contributed by atoms with Gasteiger partial charge >= 0.3 is 0 Å². The van der Waals surface area contributed by atoms with Crippen LogP contribution in [-0.2, 0) is 17.8 Å². The summed E-state index contributed by atoms with van der Waals surface area (Å²) in [6, 6.07) is 16.8. The number of hydrogen-bond donors (Lipinski definition) is 2. The average molecular weight is 475 g/mol. The Hall–Kier alpha value is -3.78. The maximum atomic E-state index is 12.8. The molecule has 0 bridgehead atoms. The van der Waals surface area contributed by atoms with Crippen molar-refractivity contribution in [3.8, 4) is 0 Å². The second-order valence-electron chi connectivity index (χ2n) is 8.04. The molecule has 0 aliphatic heterocycles. The van der Waals surface area contributed by atoms with Crippen LogP contribution < -0.4 is 16.2 Å². The molecule has 0 unspecified atom stereocenters. The van der Waals surface area contributed by atoms with E-state index in [9.17, 15) is 14.4 Å². The van der Waals surface area contributed by atoms with Crippen LogP contribution >= 0.6 is 11.3 Å². The molecule has 0 radical (unpaired) electrons. The van der Waals surface area contributed by atoms with E-state index in [1.807, 2.05) is 44.2 Å². The molecule has 2 heterocycles. The van der Waals surface area contributed by atoms with Gasteiger partial charge in [0.1, 0.15) is 4.83 Å². The topological polar surface area (TPSA) is 93.1 Å². The van der Waals surface area contributed by atoms with Gasteiger partial charge in [0.15, 0.2) is 0 Å². The van der Waals surface area contributed by atoms with Gasteiger partial charge in [-0.2, -0.15) is 0 Å². The minimum absolute atomic E-state index is 0.0826. The van der Waals surface area contributed by atoms with Crippen molar-refractivity contribution >= 4 is 39.1 Å². The molecule has 8 heteroatoms. The van der Waals surface area contributed by atoms with Crippen LogP contribution in [0.15, 0.2) is 65.7 Å². The maximum absolute atomic E-state index is 12.8. The first-order chi connectivity index (χ1) is 16.4. The number of nitrogens with one attached hydrogen (secondary N) is 2. The van der Waals surface area contributed by atoms with E-state index in [-0.39, 0.29) is 30.3 Å². The summed E-state index contributed by atoms with van der Waals surface area (Å²) >= 11 is 1.49. The van der Waals surface area contributed by atoms with Crippen LogP contribution in [0.3, 0.4) is 0 Å². The number of thiophene rings is 1. The van der Waals surface area contributed by atoms with E-state index >= 15 is 0 Å². The van der Waals surface area contributed by atoms with E-state index in [0.717, 1.165) is 22.4 Å². The van der Waals surface area contributed by atoms with Gasteiger partial charge in [-0.25, -0.2) is 4.98 Å². The molecule has 0 saturated carbocycles. The molecule has 0 spiro atoms. The Morgan fingerprint density at radius 1 is 1.03 bits per heavy atom. The molecule has 4 rings (SSSR count). The van der Waals surface area contributed by atoms with Gasteiger partial charge in [0.25, 0.3) is 11.5 Å². The van der Waals surface area contributed by atoms with Crippen LogP contribution in [0.2, 0.25) is 0 Å². The summed E-state index contributed by atoms with van der Waals surface area (Å²) in [5.41, 5.74) is 2.77. The second kappa shape index (κ2) is 10.4. The largest absolute Gasteiger partial charge is 0.352 e. The summed E-state index contributed by atoms with van der Waals surface area (Å²) in [7, 11) is 0. The number of hydrogen-bond acceptors (Lipinski definition) is 5. The molecule has 2 N–H and O–H groups in total. The molecule has 34 heavy (non-hydrogen) atoms. The zero-order valence-corrected chi connectivity index (χ0v) is 19.9. The Labute approximate surface area is 201 Å². The molecule has 2 amide bonds. The Bertz CT molecular complexity index is 1390. The van der Waals surface area contributed by atoms with Crippen LogP contribution in [0.4, 0.5) is 5.69 Å². The Kier molecular flexibility index (Phi) is 7.18. The number of carbonyl (C=O) groups is 2. The van der Waals surface area contributed by atoms with Crippen LogP contribution in [0.1, 0.15) is 32.8 Å². The molecule has 174 valence electrons. The monoisotopic (exact) mass is 474 g/mol. The van der Waals surface area contributed by atoms with Gasteiger partial charge in [-0.05, 0) is 43.5 Å². The van der Waals surface area contributed by atoms with Gasteiger partial charge in [-0.3, -0.25) is 19.0 Å². The van der Waals surface area contributed by atoms with Crippen LogP contribution in [0.5, 0.6) is 0 Å². The second-order valence-corrected chi connectivity index (χ2v) is 9.24. The standard InChI is InChI=1S/C26H26N4O3S/c1-17-18(2)34-25-23(17)26(33)30(16-28-25)15-13-22(31)29-21-11-7-6-10-20(21)24(32)27-14-12-19-8-4-3-5-9-19/h3-11,16H,12-15H2,1-2H3,(H,27,32)(H,29,31). The van der Waals surface area contributed by atoms with Crippen molar-refractivity contribution in [2.45, 2.75) is 33.2 Å². The number of carbonyl (C=O) groups excluding carboxylic acids is 2. The Balaban J connectivity index is 1.38. The number of nitrogens with zero attached hydrogens (tertiary/aromatic N) is 2. The fourth-order valence-corrected chi connectivity index (χ4v) is 4.70. The molecule has 0 saturated heterocycles. The van der Waals surface area contributed by atoms with Crippen molar-refractivity contribution < 1.29 is 9.59 Å². The van der Waals surface area contributed by atoms with Crippen molar-refractivity contribution in [1.29, 1.82) is 0 Å². The Morgan fingerprint density at radius 2 is 1.76 bits per heavy atom. The number of fused-ring (bicyclic) bond motifs is 1. The summed E-state index contributed by atoms with van der Waals surface area (Å²) < 4.78 is 1.46. The van der Waals surface area contributed by atoms with Crippen molar-refractivity contribution in [3.05, 3.63) is 92.8 Å². The molecule has 0 atom stereocenters. The summed E-state index contributed by atoms with van der Waals surface area (Å²) in [5, 5.41) is 6.33. The fraction of sp³-hybridized carbons (Fsp3) is 0.231. The fourth-order valence-electron chi connectivity index (χ4n) is 3.71. The van der Waals surface area contributed by atoms with Gasteiger partial charge in [0.2, 0.25) is 5.91 Å². The highest BCUT2D eigenvalue weighted by atomic mass is 32.1. The first-order valence-corrected chi connectivity index (χ1v) is 11.9. The predicted octanol–water partition coefficient (Wildman–Crippen LogP) is 4.08. The molecule has 4 aromatic rings. The zero-order valence-electron chi connectivity index (χ0n) is 19.1. The highest BCUT2D eigenvalue weighted by Crippen LogP contribution is 2.25. The SMILES string of the molecule is Cc1sc2ncn(CCC(=O)Nc3ccccc3C(=O)NCCc3ccccc3)c(=O)c2c1C. The first kappa shape index (κ1) is 23.4.